The maximum Gasteiger partial charge on any atom is 0.351 e. The van der Waals surface area contributed by atoms with Gasteiger partial charge in [-0.1, -0.05) is 12.1 Å². The minimum atomic E-state index is -0.450. The number of hydrogen-bond donors (Lipinski definition) is 2. The maximum atomic E-state index is 11.2. The van der Waals surface area contributed by atoms with Gasteiger partial charge < -0.3 is 9.92 Å². The summed E-state index contributed by atoms with van der Waals surface area (Å²) >= 11 is 0.541. The molecule has 0 amide bonds. The lowest BCUT2D eigenvalue weighted by molar-refractivity contribution is 0.0768. The molecule has 1 aromatic rings. The normalized spacial score (nSPS) is 12.2. The van der Waals surface area contributed by atoms with Crippen LogP contribution in [0.25, 0.3) is 0 Å². The van der Waals surface area contributed by atoms with Crippen molar-refractivity contribution in [3.05, 3.63) is 35.4 Å². The van der Waals surface area contributed by atoms with Gasteiger partial charge in [-0.05, 0) is 24.6 Å². The van der Waals surface area contributed by atoms with Crippen LogP contribution < -0.4 is 10.9 Å². The largest absolute Gasteiger partial charge is 0.371 e. The summed E-state index contributed by atoms with van der Waals surface area (Å²) in [7, 11) is 0. The highest BCUT2D eigenvalue weighted by atomic mass is 32.2. The van der Waals surface area contributed by atoms with Crippen molar-refractivity contribution in [2.45, 2.75) is 13.0 Å². The second kappa shape index (κ2) is 4.99. The van der Waals surface area contributed by atoms with Crippen LogP contribution in [0.15, 0.2) is 24.3 Å². The predicted molar refractivity (Wildman–Crippen MR) is 56.2 cm³/mol. The zero-order chi connectivity index (χ0) is 10.6. The average Bonchev–Trinajstić information content (AvgIpc) is 2.18. The van der Waals surface area contributed by atoms with Crippen LogP contribution in [0.4, 0.5) is 0 Å². The van der Waals surface area contributed by atoms with Gasteiger partial charge in [-0.3, -0.25) is 0 Å². The van der Waals surface area contributed by atoms with Crippen LogP contribution in [0.5, 0.6) is 0 Å². The number of benzene rings is 1. The first-order chi connectivity index (χ1) is 6.65. The van der Waals surface area contributed by atoms with Gasteiger partial charge in [-0.15, -0.1) is 0 Å². The Morgan fingerprint density at radius 1 is 1.43 bits per heavy atom. The van der Waals surface area contributed by atoms with Crippen molar-refractivity contribution in [1.29, 1.82) is 0 Å². The van der Waals surface area contributed by atoms with Gasteiger partial charge in [0, 0.05) is 6.04 Å². The molecular formula is C9H12N2O2S. The summed E-state index contributed by atoms with van der Waals surface area (Å²) in [5.74, 6) is -0.450. The molecule has 14 heavy (non-hydrogen) atoms. The molecule has 0 aliphatic heterocycles. The Hall–Kier alpha value is -1.04. The van der Waals surface area contributed by atoms with Crippen LogP contribution in [0.1, 0.15) is 28.9 Å². The zero-order valence-electron chi connectivity index (χ0n) is 7.77. The molecule has 1 unspecified atom stereocenters. The third-order valence-corrected chi connectivity index (χ3v) is 2.04. The third-order valence-electron chi connectivity index (χ3n) is 1.80. The van der Waals surface area contributed by atoms with E-state index in [1.165, 1.54) is 0 Å². The standard InChI is InChI=1S/C9H12N2O2S/c1-6(10)7-2-4-8(5-3-7)9(12)13-14-11/h2-6H,10-11H2,1H3. The van der Waals surface area contributed by atoms with Crippen molar-refractivity contribution in [2.24, 2.45) is 10.9 Å². The molecule has 0 spiro atoms. The van der Waals surface area contributed by atoms with E-state index < -0.39 is 5.97 Å². The highest BCUT2D eigenvalue weighted by Crippen LogP contribution is 2.12. The summed E-state index contributed by atoms with van der Waals surface area (Å²) in [4.78, 5) is 11.2. The van der Waals surface area contributed by atoms with Crippen molar-refractivity contribution in [3.63, 3.8) is 0 Å². The molecule has 4 nitrogen and oxygen atoms in total. The molecular weight excluding hydrogens is 200 g/mol. The number of carbonyl (C=O) groups is 1. The average molecular weight is 212 g/mol. The number of nitrogens with two attached hydrogens (primary N) is 2. The van der Waals surface area contributed by atoms with Gasteiger partial charge in [-0.2, -0.15) is 0 Å². The van der Waals surface area contributed by atoms with E-state index in [0.717, 1.165) is 5.56 Å². The number of hydrogen-bond acceptors (Lipinski definition) is 5. The SMILES string of the molecule is CC(N)c1ccc(C(=O)OSN)cc1. The quantitative estimate of drug-likeness (QED) is 0.584. The second-order valence-electron chi connectivity index (χ2n) is 2.88. The van der Waals surface area contributed by atoms with E-state index in [0.29, 0.717) is 17.8 Å². The lowest BCUT2D eigenvalue weighted by atomic mass is 10.1. The molecule has 0 aliphatic rings. The summed E-state index contributed by atoms with van der Waals surface area (Å²) in [6.07, 6.45) is 0. The lowest BCUT2D eigenvalue weighted by Gasteiger charge is -2.05. The molecule has 0 radical (unpaired) electrons. The van der Waals surface area contributed by atoms with Gasteiger partial charge in [0.15, 0.2) is 0 Å². The second-order valence-corrected chi connectivity index (χ2v) is 3.24. The first-order valence-electron chi connectivity index (χ1n) is 4.08. The Bertz CT molecular complexity index is 311. The van der Waals surface area contributed by atoms with E-state index in [2.05, 4.69) is 4.18 Å². The van der Waals surface area contributed by atoms with Crippen molar-refractivity contribution in [1.82, 2.24) is 0 Å². The first kappa shape index (κ1) is 11.0. The van der Waals surface area contributed by atoms with E-state index in [-0.39, 0.29) is 6.04 Å². The van der Waals surface area contributed by atoms with E-state index in [1.54, 1.807) is 24.3 Å². The molecule has 1 rings (SSSR count). The first-order valence-corrected chi connectivity index (χ1v) is 4.89. The molecule has 0 aliphatic carbocycles. The van der Waals surface area contributed by atoms with Gasteiger partial charge in [0.2, 0.25) is 0 Å². The lowest BCUT2D eigenvalue weighted by Crippen LogP contribution is -2.06. The fourth-order valence-corrected chi connectivity index (χ4v) is 1.20. The molecule has 0 saturated heterocycles. The highest BCUT2D eigenvalue weighted by Gasteiger charge is 2.07. The van der Waals surface area contributed by atoms with Gasteiger partial charge in [-0.25, -0.2) is 9.93 Å². The van der Waals surface area contributed by atoms with Gasteiger partial charge >= 0.3 is 5.97 Å². The zero-order valence-corrected chi connectivity index (χ0v) is 8.58. The van der Waals surface area contributed by atoms with Gasteiger partial charge in [0.25, 0.3) is 0 Å². The summed E-state index contributed by atoms with van der Waals surface area (Å²) in [6.45, 7) is 1.88. The molecule has 1 aromatic carbocycles. The van der Waals surface area contributed by atoms with E-state index in [4.69, 9.17) is 10.9 Å². The summed E-state index contributed by atoms with van der Waals surface area (Å²) in [6, 6.07) is 6.88. The number of rotatable bonds is 3. The molecule has 5 heteroatoms. The Balaban J connectivity index is 2.78. The molecule has 0 saturated carbocycles. The number of carbonyl (C=O) groups excluding carboxylic acids is 1. The van der Waals surface area contributed by atoms with Crippen LogP contribution in [-0.2, 0) is 4.18 Å². The Labute approximate surface area is 86.9 Å². The van der Waals surface area contributed by atoms with E-state index in [1.807, 2.05) is 6.92 Å². The topological polar surface area (TPSA) is 78.3 Å². The summed E-state index contributed by atoms with van der Waals surface area (Å²) in [5.41, 5.74) is 7.10. The summed E-state index contributed by atoms with van der Waals surface area (Å²) in [5, 5.41) is 5.00. The smallest absolute Gasteiger partial charge is 0.351 e. The molecule has 0 bridgehead atoms. The van der Waals surface area contributed by atoms with Crippen molar-refractivity contribution in [2.75, 3.05) is 0 Å². The van der Waals surface area contributed by atoms with Gasteiger partial charge in [0.05, 0.1) is 5.56 Å². The Morgan fingerprint density at radius 2 is 2.00 bits per heavy atom. The minimum Gasteiger partial charge on any atom is -0.371 e. The van der Waals surface area contributed by atoms with Crippen molar-refractivity contribution >= 4 is 18.2 Å². The van der Waals surface area contributed by atoms with Crippen LogP contribution in [0, 0.1) is 0 Å². The highest BCUT2D eigenvalue weighted by molar-refractivity contribution is 7.92. The maximum absolute atomic E-state index is 11.2. The fraction of sp³-hybridized carbons (Fsp3) is 0.222. The van der Waals surface area contributed by atoms with Gasteiger partial charge in [0.1, 0.15) is 12.2 Å². The molecule has 1 atom stereocenters. The Kier molecular flexibility index (Phi) is 3.94. The monoisotopic (exact) mass is 212 g/mol. The van der Waals surface area contributed by atoms with Crippen LogP contribution >= 0.6 is 12.2 Å². The van der Waals surface area contributed by atoms with Crippen LogP contribution in [0.2, 0.25) is 0 Å². The molecule has 0 fully saturated rings. The van der Waals surface area contributed by atoms with Crippen molar-refractivity contribution < 1.29 is 8.98 Å². The van der Waals surface area contributed by atoms with Crippen LogP contribution in [0.3, 0.4) is 0 Å². The molecule has 4 N–H and O–H groups in total. The molecule has 76 valence electrons. The van der Waals surface area contributed by atoms with E-state index in [9.17, 15) is 4.79 Å². The Morgan fingerprint density at radius 3 is 2.43 bits per heavy atom. The molecule has 0 heterocycles. The molecule has 0 aromatic heterocycles. The van der Waals surface area contributed by atoms with Crippen molar-refractivity contribution in [3.8, 4) is 0 Å². The third kappa shape index (κ3) is 2.73. The van der Waals surface area contributed by atoms with E-state index >= 15 is 0 Å². The fourth-order valence-electron chi connectivity index (χ4n) is 1.01. The minimum absolute atomic E-state index is 0.0380. The predicted octanol–water partition coefficient (Wildman–Crippen LogP) is 1.39. The van der Waals surface area contributed by atoms with Crippen LogP contribution in [-0.4, -0.2) is 5.97 Å². The summed E-state index contributed by atoms with van der Waals surface area (Å²) < 4.78 is 4.55.